The number of carbonyl (C=O) groups is 1. The first-order valence-electron chi connectivity index (χ1n) is 5.48. The first-order chi connectivity index (χ1) is 8.29. The number of rotatable bonds is 5. The van der Waals surface area contributed by atoms with Crippen molar-refractivity contribution >= 4 is 5.97 Å². The van der Waals surface area contributed by atoms with Crippen molar-refractivity contribution in [3.63, 3.8) is 0 Å². The van der Waals surface area contributed by atoms with E-state index in [4.69, 9.17) is 14.2 Å². The van der Waals surface area contributed by atoms with Gasteiger partial charge in [0.2, 0.25) is 6.79 Å². The van der Waals surface area contributed by atoms with Crippen LogP contribution < -0.4 is 14.8 Å². The zero-order valence-electron chi connectivity index (χ0n) is 9.69. The van der Waals surface area contributed by atoms with Gasteiger partial charge in [-0.15, -0.1) is 0 Å². The summed E-state index contributed by atoms with van der Waals surface area (Å²) in [7, 11) is 1.71. The third-order valence-electron chi connectivity index (χ3n) is 2.41. The Kier molecular flexibility index (Phi) is 3.82. The first kappa shape index (κ1) is 11.7. The van der Waals surface area contributed by atoms with Crippen molar-refractivity contribution in [2.75, 3.05) is 27.0 Å². The quantitative estimate of drug-likeness (QED) is 0.765. The van der Waals surface area contributed by atoms with Crippen molar-refractivity contribution in [3.8, 4) is 11.5 Å². The maximum absolute atomic E-state index is 11.1. The van der Waals surface area contributed by atoms with Crippen molar-refractivity contribution < 1.29 is 19.0 Å². The summed E-state index contributed by atoms with van der Waals surface area (Å²) in [4.78, 5) is 11.1. The Balaban J connectivity index is 1.81. The predicted molar refractivity (Wildman–Crippen MR) is 61.2 cm³/mol. The van der Waals surface area contributed by atoms with Gasteiger partial charge in [-0.05, 0) is 24.7 Å². The van der Waals surface area contributed by atoms with Crippen molar-refractivity contribution in [2.24, 2.45) is 0 Å². The number of carbonyl (C=O) groups excluding carboxylic acids is 1. The zero-order valence-corrected chi connectivity index (χ0v) is 9.69. The second kappa shape index (κ2) is 5.54. The maximum atomic E-state index is 11.1. The fourth-order valence-electron chi connectivity index (χ4n) is 1.57. The normalized spacial score (nSPS) is 12.5. The molecule has 1 aromatic carbocycles. The average Bonchev–Trinajstić information content (AvgIpc) is 2.76. The largest absolute Gasteiger partial charge is 0.464 e. The van der Waals surface area contributed by atoms with Gasteiger partial charge in [-0.25, -0.2) is 0 Å². The molecule has 0 radical (unpaired) electrons. The Morgan fingerprint density at radius 2 is 2.24 bits per heavy atom. The summed E-state index contributed by atoms with van der Waals surface area (Å²) in [5, 5.41) is 2.74. The number of esters is 1. The number of nitrogens with one attached hydrogen (secondary N) is 1. The highest BCUT2D eigenvalue weighted by Crippen LogP contribution is 2.32. The molecule has 2 rings (SSSR count). The van der Waals surface area contributed by atoms with Gasteiger partial charge in [0.05, 0.1) is 13.2 Å². The zero-order chi connectivity index (χ0) is 12.1. The lowest BCUT2D eigenvalue weighted by Crippen LogP contribution is -2.21. The molecular weight excluding hydrogens is 222 g/mol. The standard InChI is InChI=1S/C12H15NO4/c1-13-7-12(14)15-5-4-9-2-3-10-11(6-9)17-8-16-10/h2-3,6,13H,4-5,7-8H2,1H3. The fourth-order valence-corrected chi connectivity index (χ4v) is 1.57. The summed E-state index contributed by atoms with van der Waals surface area (Å²) in [6, 6.07) is 5.72. The van der Waals surface area contributed by atoms with E-state index in [1.54, 1.807) is 7.05 Å². The van der Waals surface area contributed by atoms with Crippen LogP contribution in [0.5, 0.6) is 11.5 Å². The maximum Gasteiger partial charge on any atom is 0.319 e. The minimum Gasteiger partial charge on any atom is -0.464 e. The Bertz CT molecular complexity index is 405. The molecule has 5 nitrogen and oxygen atoms in total. The van der Waals surface area contributed by atoms with Crippen molar-refractivity contribution in [3.05, 3.63) is 23.8 Å². The minimum atomic E-state index is -0.242. The van der Waals surface area contributed by atoms with Crippen LogP contribution in [-0.4, -0.2) is 33.0 Å². The van der Waals surface area contributed by atoms with Crippen LogP contribution in [0.2, 0.25) is 0 Å². The lowest BCUT2D eigenvalue weighted by Gasteiger charge is -2.05. The molecule has 92 valence electrons. The Morgan fingerprint density at radius 3 is 3.06 bits per heavy atom. The number of likely N-dealkylation sites (N-methyl/N-ethyl adjacent to an activating group) is 1. The van der Waals surface area contributed by atoms with Crippen LogP contribution in [0.15, 0.2) is 18.2 Å². The summed E-state index contributed by atoms with van der Waals surface area (Å²) in [6.07, 6.45) is 0.673. The second-order valence-electron chi connectivity index (χ2n) is 3.69. The molecule has 0 atom stereocenters. The van der Waals surface area contributed by atoms with Crippen molar-refractivity contribution in [2.45, 2.75) is 6.42 Å². The number of ether oxygens (including phenoxy) is 3. The molecule has 0 amide bonds. The van der Waals surface area contributed by atoms with Gasteiger partial charge in [0.1, 0.15) is 0 Å². The number of hydrogen-bond donors (Lipinski definition) is 1. The SMILES string of the molecule is CNCC(=O)OCCc1ccc2c(c1)OCO2. The second-order valence-corrected chi connectivity index (χ2v) is 3.69. The molecule has 0 saturated carbocycles. The topological polar surface area (TPSA) is 56.8 Å². The van der Waals surface area contributed by atoms with Crippen LogP contribution in [0.4, 0.5) is 0 Å². The van der Waals surface area contributed by atoms with Crippen LogP contribution in [0.1, 0.15) is 5.56 Å². The van der Waals surface area contributed by atoms with E-state index in [0.29, 0.717) is 13.0 Å². The third kappa shape index (κ3) is 3.10. The van der Waals surface area contributed by atoms with E-state index in [-0.39, 0.29) is 19.3 Å². The molecule has 0 fully saturated rings. The molecule has 0 spiro atoms. The smallest absolute Gasteiger partial charge is 0.319 e. The Labute approximate surface area is 99.7 Å². The van der Waals surface area contributed by atoms with Crippen LogP contribution in [0.3, 0.4) is 0 Å². The van der Waals surface area contributed by atoms with E-state index in [1.807, 2.05) is 18.2 Å². The molecule has 0 unspecified atom stereocenters. The molecule has 0 saturated heterocycles. The van der Waals surface area contributed by atoms with Gasteiger partial charge in [0, 0.05) is 6.42 Å². The first-order valence-corrected chi connectivity index (χ1v) is 5.48. The molecule has 0 bridgehead atoms. The highest BCUT2D eigenvalue weighted by Gasteiger charge is 2.13. The van der Waals surface area contributed by atoms with Crippen LogP contribution in [0, 0.1) is 0 Å². The fraction of sp³-hybridized carbons (Fsp3) is 0.417. The van der Waals surface area contributed by atoms with Crippen molar-refractivity contribution in [1.29, 1.82) is 0 Å². The average molecular weight is 237 g/mol. The highest BCUT2D eigenvalue weighted by molar-refractivity contribution is 5.71. The highest BCUT2D eigenvalue weighted by atomic mass is 16.7. The van der Waals surface area contributed by atoms with E-state index in [2.05, 4.69) is 5.32 Å². The van der Waals surface area contributed by atoms with E-state index >= 15 is 0 Å². The summed E-state index contributed by atoms with van der Waals surface area (Å²) < 4.78 is 15.5. The molecule has 17 heavy (non-hydrogen) atoms. The van der Waals surface area contributed by atoms with Gasteiger partial charge in [-0.2, -0.15) is 0 Å². The predicted octanol–water partition coefficient (Wildman–Crippen LogP) is 0.720. The van der Waals surface area contributed by atoms with Gasteiger partial charge in [0.15, 0.2) is 11.5 Å². The molecule has 1 N–H and O–H groups in total. The number of fused-ring (bicyclic) bond motifs is 1. The Hall–Kier alpha value is -1.75. The monoisotopic (exact) mass is 237 g/mol. The van der Waals surface area contributed by atoms with E-state index < -0.39 is 0 Å². The van der Waals surface area contributed by atoms with Crippen molar-refractivity contribution in [1.82, 2.24) is 5.32 Å². The van der Waals surface area contributed by atoms with Crippen LogP contribution in [-0.2, 0) is 16.0 Å². The third-order valence-corrected chi connectivity index (χ3v) is 2.41. The molecule has 1 aliphatic heterocycles. The molecule has 1 aromatic rings. The van der Waals surface area contributed by atoms with Gasteiger partial charge >= 0.3 is 5.97 Å². The molecule has 0 aliphatic carbocycles. The number of hydrogen-bond acceptors (Lipinski definition) is 5. The Morgan fingerprint density at radius 1 is 1.41 bits per heavy atom. The number of benzene rings is 1. The van der Waals surface area contributed by atoms with Crippen LogP contribution >= 0.6 is 0 Å². The lowest BCUT2D eigenvalue weighted by molar-refractivity contribution is -0.142. The molecule has 1 heterocycles. The van der Waals surface area contributed by atoms with E-state index in [0.717, 1.165) is 17.1 Å². The summed E-state index contributed by atoms with van der Waals surface area (Å²) in [6.45, 7) is 0.886. The summed E-state index contributed by atoms with van der Waals surface area (Å²) in [5.74, 6) is 1.28. The molecular formula is C12H15NO4. The molecule has 0 aromatic heterocycles. The van der Waals surface area contributed by atoms with E-state index in [1.165, 1.54) is 0 Å². The van der Waals surface area contributed by atoms with Gasteiger partial charge < -0.3 is 19.5 Å². The van der Waals surface area contributed by atoms with Gasteiger partial charge in [-0.1, -0.05) is 6.07 Å². The van der Waals surface area contributed by atoms with Crippen LogP contribution in [0.25, 0.3) is 0 Å². The van der Waals surface area contributed by atoms with Gasteiger partial charge in [-0.3, -0.25) is 4.79 Å². The lowest BCUT2D eigenvalue weighted by atomic mass is 10.1. The summed E-state index contributed by atoms with van der Waals surface area (Å²) in [5.41, 5.74) is 1.06. The summed E-state index contributed by atoms with van der Waals surface area (Å²) >= 11 is 0. The molecule has 5 heteroatoms. The molecule has 1 aliphatic rings. The van der Waals surface area contributed by atoms with E-state index in [9.17, 15) is 4.79 Å². The van der Waals surface area contributed by atoms with Gasteiger partial charge in [0.25, 0.3) is 0 Å². The minimum absolute atomic E-state index is 0.237.